The third-order valence-electron chi connectivity index (χ3n) is 3.39. The van der Waals surface area contributed by atoms with Gasteiger partial charge in [-0.05, 0) is 42.6 Å². The van der Waals surface area contributed by atoms with E-state index in [4.69, 9.17) is 0 Å². The number of amides is 1. The minimum Gasteiger partial charge on any atom is -0.353 e. The van der Waals surface area contributed by atoms with Gasteiger partial charge in [-0.15, -0.1) is 0 Å². The molecule has 1 saturated heterocycles. The van der Waals surface area contributed by atoms with Crippen LogP contribution in [0.2, 0.25) is 0 Å². The van der Waals surface area contributed by atoms with E-state index in [0.717, 1.165) is 18.2 Å². The van der Waals surface area contributed by atoms with Crippen molar-refractivity contribution in [1.82, 2.24) is 5.32 Å². The predicted molar refractivity (Wildman–Crippen MR) is 79.8 cm³/mol. The van der Waals surface area contributed by atoms with E-state index in [1.54, 1.807) is 0 Å². The molecular formula is C13H24BrNOS. The molecule has 1 aliphatic heterocycles. The standard InChI is InChI=1S/C13H24BrNOS/c1-10(2)12(3-6-14)15-13(16)9-11-4-7-17-8-5-11/h10-12H,3-9H2,1-2H3,(H,15,16). The smallest absolute Gasteiger partial charge is 0.220 e. The van der Waals surface area contributed by atoms with Crippen LogP contribution in [-0.4, -0.2) is 28.8 Å². The first-order chi connectivity index (χ1) is 8.13. The molecule has 0 aromatic carbocycles. The summed E-state index contributed by atoms with van der Waals surface area (Å²) < 4.78 is 0. The van der Waals surface area contributed by atoms with Gasteiger partial charge in [0.05, 0.1) is 0 Å². The van der Waals surface area contributed by atoms with E-state index < -0.39 is 0 Å². The van der Waals surface area contributed by atoms with Gasteiger partial charge < -0.3 is 5.32 Å². The summed E-state index contributed by atoms with van der Waals surface area (Å²) in [5.41, 5.74) is 0. The maximum atomic E-state index is 12.0. The van der Waals surface area contributed by atoms with E-state index in [1.165, 1.54) is 24.3 Å². The molecule has 1 amide bonds. The van der Waals surface area contributed by atoms with Crippen LogP contribution < -0.4 is 5.32 Å². The maximum absolute atomic E-state index is 12.0. The Morgan fingerprint density at radius 3 is 2.59 bits per heavy atom. The molecule has 0 spiro atoms. The second-order valence-corrected chi connectivity index (χ2v) is 7.17. The van der Waals surface area contributed by atoms with Gasteiger partial charge >= 0.3 is 0 Å². The van der Waals surface area contributed by atoms with Gasteiger partial charge in [0.15, 0.2) is 0 Å². The highest BCUT2D eigenvalue weighted by Crippen LogP contribution is 2.25. The fraction of sp³-hybridized carbons (Fsp3) is 0.923. The lowest BCUT2D eigenvalue weighted by atomic mass is 9.97. The average molecular weight is 322 g/mol. The van der Waals surface area contributed by atoms with Gasteiger partial charge in [0, 0.05) is 17.8 Å². The van der Waals surface area contributed by atoms with Crippen molar-refractivity contribution in [3.63, 3.8) is 0 Å². The highest BCUT2D eigenvalue weighted by molar-refractivity contribution is 9.09. The Balaban J connectivity index is 2.30. The number of alkyl halides is 1. The van der Waals surface area contributed by atoms with Crippen molar-refractivity contribution in [2.24, 2.45) is 11.8 Å². The summed E-state index contributed by atoms with van der Waals surface area (Å²) in [5.74, 6) is 3.84. The lowest BCUT2D eigenvalue weighted by Gasteiger charge is -2.25. The number of hydrogen-bond acceptors (Lipinski definition) is 2. The SMILES string of the molecule is CC(C)C(CCBr)NC(=O)CC1CCSCC1. The molecule has 1 unspecified atom stereocenters. The number of rotatable bonds is 6. The third kappa shape index (κ3) is 6.14. The zero-order valence-electron chi connectivity index (χ0n) is 10.9. The van der Waals surface area contributed by atoms with Crippen LogP contribution in [0.15, 0.2) is 0 Å². The molecule has 1 heterocycles. The van der Waals surface area contributed by atoms with Gasteiger partial charge in [-0.2, -0.15) is 11.8 Å². The number of carbonyl (C=O) groups is 1. The van der Waals surface area contributed by atoms with Crippen LogP contribution >= 0.6 is 27.7 Å². The molecular weight excluding hydrogens is 298 g/mol. The van der Waals surface area contributed by atoms with E-state index in [2.05, 4.69) is 35.1 Å². The van der Waals surface area contributed by atoms with Crippen LogP contribution in [-0.2, 0) is 4.79 Å². The molecule has 1 atom stereocenters. The second kappa shape index (κ2) is 8.41. The van der Waals surface area contributed by atoms with Crippen LogP contribution in [0.5, 0.6) is 0 Å². The Morgan fingerprint density at radius 2 is 2.06 bits per heavy atom. The van der Waals surface area contributed by atoms with Crippen molar-refractivity contribution in [2.75, 3.05) is 16.8 Å². The molecule has 1 N–H and O–H groups in total. The molecule has 1 fully saturated rings. The van der Waals surface area contributed by atoms with Gasteiger partial charge in [0.1, 0.15) is 0 Å². The van der Waals surface area contributed by atoms with Gasteiger partial charge in [0.25, 0.3) is 0 Å². The molecule has 0 bridgehead atoms. The number of halogens is 1. The molecule has 100 valence electrons. The van der Waals surface area contributed by atoms with E-state index in [9.17, 15) is 4.79 Å². The maximum Gasteiger partial charge on any atom is 0.220 e. The Labute approximate surface area is 118 Å². The molecule has 0 radical (unpaired) electrons. The molecule has 2 nitrogen and oxygen atoms in total. The summed E-state index contributed by atoms with van der Waals surface area (Å²) in [6, 6.07) is 0.319. The zero-order valence-corrected chi connectivity index (χ0v) is 13.3. The molecule has 1 aliphatic rings. The first-order valence-electron chi connectivity index (χ1n) is 6.56. The average Bonchev–Trinajstić information content (AvgIpc) is 2.29. The molecule has 0 aliphatic carbocycles. The van der Waals surface area contributed by atoms with E-state index >= 15 is 0 Å². The summed E-state index contributed by atoms with van der Waals surface area (Å²) in [7, 11) is 0. The van der Waals surface area contributed by atoms with Crippen molar-refractivity contribution in [2.45, 2.75) is 45.6 Å². The van der Waals surface area contributed by atoms with Crippen LogP contribution in [0.4, 0.5) is 0 Å². The summed E-state index contributed by atoms with van der Waals surface area (Å²) in [6.45, 7) is 4.34. The van der Waals surface area contributed by atoms with Gasteiger partial charge in [-0.25, -0.2) is 0 Å². The fourth-order valence-corrected chi connectivity index (χ4v) is 3.87. The predicted octanol–water partition coefficient (Wildman–Crippen LogP) is 3.45. The quantitative estimate of drug-likeness (QED) is 0.759. The van der Waals surface area contributed by atoms with Crippen molar-refractivity contribution < 1.29 is 4.79 Å². The molecule has 0 aromatic rings. The fourth-order valence-electron chi connectivity index (χ4n) is 2.17. The van der Waals surface area contributed by atoms with E-state index in [-0.39, 0.29) is 5.91 Å². The Bertz CT molecular complexity index is 229. The topological polar surface area (TPSA) is 29.1 Å². The summed E-state index contributed by atoms with van der Waals surface area (Å²) in [6.07, 6.45) is 4.17. The lowest BCUT2D eigenvalue weighted by molar-refractivity contribution is -0.123. The number of nitrogens with one attached hydrogen (secondary N) is 1. The molecule has 1 rings (SSSR count). The molecule has 17 heavy (non-hydrogen) atoms. The minimum absolute atomic E-state index is 0.251. The Kier molecular flexibility index (Phi) is 7.60. The summed E-state index contributed by atoms with van der Waals surface area (Å²) in [4.78, 5) is 12.0. The first-order valence-corrected chi connectivity index (χ1v) is 8.84. The molecule has 0 aromatic heterocycles. The zero-order chi connectivity index (χ0) is 12.7. The summed E-state index contributed by atoms with van der Waals surface area (Å²) >= 11 is 5.47. The first kappa shape index (κ1) is 15.4. The van der Waals surface area contributed by atoms with Gasteiger partial charge in [-0.1, -0.05) is 29.8 Å². The Hall–Kier alpha value is 0.300. The van der Waals surface area contributed by atoms with Gasteiger partial charge in [-0.3, -0.25) is 4.79 Å². The van der Waals surface area contributed by atoms with Crippen LogP contribution in [0.3, 0.4) is 0 Å². The second-order valence-electron chi connectivity index (χ2n) is 5.16. The van der Waals surface area contributed by atoms with Crippen LogP contribution in [0.25, 0.3) is 0 Å². The van der Waals surface area contributed by atoms with Gasteiger partial charge in [0.2, 0.25) is 5.91 Å². The molecule has 0 saturated carbocycles. The Morgan fingerprint density at radius 1 is 1.41 bits per heavy atom. The molecule has 4 heteroatoms. The van der Waals surface area contributed by atoms with Crippen LogP contribution in [0, 0.1) is 11.8 Å². The third-order valence-corrected chi connectivity index (χ3v) is 4.89. The van der Waals surface area contributed by atoms with Crippen molar-refractivity contribution in [3.05, 3.63) is 0 Å². The normalized spacial score (nSPS) is 19.3. The highest BCUT2D eigenvalue weighted by Gasteiger charge is 2.20. The highest BCUT2D eigenvalue weighted by atomic mass is 79.9. The largest absolute Gasteiger partial charge is 0.353 e. The number of hydrogen-bond donors (Lipinski definition) is 1. The monoisotopic (exact) mass is 321 g/mol. The minimum atomic E-state index is 0.251. The van der Waals surface area contributed by atoms with E-state index in [0.29, 0.717) is 17.9 Å². The van der Waals surface area contributed by atoms with E-state index in [1.807, 2.05) is 11.8 Å². The van der Waals surface area contributed by atoms with Crippen molar-refractivity contribution in [3.8, 4) is 0 Å². The number of thioether (sulfide) groups is 1. The van der Waals surface area contributed by atoms with Crippen molar-refractivity contribution >= 4 is 33.6 Å². The summed E-state index contributed by atoms with van der Waals surface area (Å²) in [5, 5.41) is 4.14. The number of carbonyl (C=O) groups excluding carboxylic acids is 1. The van der Waals surface area contributed by atoms with Crippen molar-refractivity contribution in [1.29, 1.82) is 0 Å². The lowest BCUT2D eigenvalue weighted by Crippen LogP contribution is -2.39. The van der Waals surface area contributed by atoms with Crippen LogP contribution in [0.1, 0.15) is 39.5 Å².